The highest BCUT2D eigenvalue weighted by atomic mass is 35.5. The second kappa shape index (κ2) is 3.84. The van der Waals surface area contributed by atoms with E-state index in [-0.39, 0.29) is 0 Å². The Balaban J connectivity index is 2.03. The Hall–Kier alpha value is -0.280. The van der Waals surface area contributed by atoms with Crippen molar-refractivity contribution in [2.45, 2.75) is 19.8 Å². The Kier molecular flexibility index (Phi) is 2.74. The van der Waals surface area contributed by atoms with Crippen LogP contribution in [-0.2, 0) is 0 Å². The first-order chi connectivity index (χ1) is 6.29. The summed E-state index contributed by atoms with van der Waals surface area (Å²) in [5.74, 6) is 1.91. The van der Waals surface area contributed by atoms with Gasteiger partial charge in [0.15, 0.2) is 4.47 Å². The van der Waals surface area contributed by atoms with E-state index < -0.39 is 0 Å². The Morgan fingerprint density at radius 2 is 2.62 bits per heavy atom. The number of hydrogen-bond donors (Lipinski definition) is 0. The molecule has 0 N–H and O–H groups in total. The highest BCUT2D eigenvalue weighted by Crippen LogP contribution is 2.28. The molecule has 1 unspecified atom stereocenters. The first-order valence-corrected chi connectivity index (χ1v) is 5.91. The SMILES string of the molecule is CCC1CCN(c2csc(Cl)n2)C1. The van der Waals surface area contributed by atoms with Gasteiger partial charge in [-0.05, 0) is 12.3 Å². The van der Waals surface area contributed by atoms with Gasteiger partial charge in [0.2, 0.25) is 0 Å². The van der Waals surface area contributed by atoms with Gasteiger partial charge in [0, 0.05) is 18.5 Å². The van der Waals surface area contributed by atoms with Crippen LogP contribution in [0.2, 0.25) is 4.47 Å². The number of halogens is 1. The summed E-state index contributed by atoms with van der Waals surface area (Å²) in [7, 11) is 0. The number of aromatic nitrogens is 1. The predicted octanol–water partition coefficient (Wildman–Crippen LogP) is 3.03. The topological polar surface area (TPSA) is 16.1 Å². The summed E-state index contributed by atoms with van der Waals surface area (Å²) in [5, 5.41) is 2.04. The van der Waals surface area contributed by atoms with Crippen LogP contribution < -0.4 is 4.90 Å². The van der Waals surface area contributed by atoms with Crippen molar-refractivity contribution in [3.05, 3.63) is 9.85 Å². The molecule has 2 rings (SSSR count). The van der Waals surface area contributed by atoms with Gasteiger partial charge in [0.1, 0.15) is 5.82 Å². The summed E-state index contributed by atoms with van der Waals surface area (Å²) < 4.78 is 0.648. The third kappa shape index (κ3) is 1.97. The van der Waals surface area contributed by atoms with Crippen LogP contribution in [0.5, 0.6) is 0 Å². The summed E-state index contributed by atoms with van der Waals surface area (Å²) in [6.45, 7) is 4.54. The third-order valence-electron chi connectivity index (χ3n) is 2.65. The Morgan fingerprint density at radius 3 is 3.15 bits per heavy atom. The molecule has 1 atom stereocenters. The summed E-state index contributed by atoms with van der Waals surface area (Å²) in [4.78, 5) is 6.60. The maximum Gasteiger partial charge on any atom is 0.185 e. The normalized spacial score (nSPS) is 22.6. The average Bonchev–Trinajstić information content (AvgIpc) is 2.71. The Morgan fingerprint density at radius 1 is 1.77 bits per heavy atom. The van der Waals surface area contributed by atoms with Crippen LogP contribution in [-0.4, -0.2) is 18.1 Å². The Bertz CT molecular complexity index is 287. The van der Waals surface area contributed by atoms with Crippen molar-refractivity contribution in [2.24, 2.45) is 5.92 Å². The third-order valence-corrected chi connectivity index (χ3v) is 3.62. The fourth-order valence-corrected chi connectivity index (χ4v) is 2.53. The molecule has 1 aromatic heterocycles. The van der Waals surface area contributed by atoms with Gasteiger partial charge in [-0.15, -0.1) is 11.3 Å². The van der Waals surface area contributed by atoms with E-state index in [4.69, 9.17) is 11.6 Å². The van der Waals surface area contributed by atoms with Crippen molar-refractivity contribution in [3.8, 4) is 0 Å². The van der Waals surface area contributed by atoms with Gasteiger partial charge in [0.05, 0.1) is 0 Å². The summed E-state index contributed by atoms with van der Waals surface area (Å²) in [5.41, 5.74) is 0. The molecule has 72 valence electrons. The van der Waals surface area contributed by atoms with Crippen molar-refractivity contribution >= 4 is 28.8 Å². The van der Waals surface area contributed by atoms with E-state index in [0.717, 1.165) is 24.8 Å². The molecule has 1 aliphatic heterocycles. The zero-order valence-corrected chi connectivity index (χ0v) is 9.24. The van der Waals surface area contributed by atoms with E-state index >= 15 is 0 Å². The molecular formula is C9H13ClN2S. The zero-order chi connectivity index (χ0) is 9.26. The minimum atomic E-state index is 0.648. The lowest BCUT2D eigenvalue weighted by Crippen LogP contribution is -2.19. The molecular weight excluding hydrogens is 204 g/mol. The molecule has 0 aromatic carbocycles. The van der Waals surface area contributed by atoms with E-state index in [2.05, 4.69) is 16.8 Å². The molecule has 0 saturated carbocycles. The summed E-state index contributed by atoms with van der Waals surface area (Å²) in [6, 6.07) is 0. The minimum absolute atomic E-state index is 0.648. The van der Waals surface area contributed by atoms with E-state index in [1.807, 2.05) is 5.38 Å². The van der Waals surface area contributed by atoms with Gasteiger partial charge >= 0.3 is 0 Å². The maximum atomic E-state index is 5.79. The maximum absolute atomic E-state index is 5.79. The largest absolute Gasteiger partial charge is 0.356 e. The van der Waals surface area contributed by atoms with Crippen LogP contribution in [0.3, 0.4) is 0 Å². The zero-order valence-electron chi connectivity index (χ0n) is 7.66. The van der Waals surface area contributed by atoms with Crippen molar-refractivity contribution in [1.29, 1.82) is 0 Å². The summed E-state index contributed by atoms with van der Waals surface area (Å²) in [6.07, 6.45) is 2.57. The van der Waals surface area contributed by atoms with Gasteiger partial charge in [-0.2, -0.15) is 0 Å². The van der Waals surface area contributed by atoms with Crippen LogP contribution in [0.15, 0.2) is 5.38 Å². The van der Waals surface area contributed by atoms with Crippen LogP contribution in [0.25, 0.3) is 0 Å². The van der Waals surface area contributed by atoms with Crippen molar-refractivity contribution in [1.82, 2.24) is 4.98 Å². The quantitative estimate of drug-likeness (QED) is 0.756. The highest BCUT2D eigenvalue weighted by molar-refractivity contribution is 7.14. The van der Waals surface area contributed by atoms with Gasteiger partial charge < -0.3 is 4.90 Å². The van der Waals surface area contributed by atoms with Crippen LogP contribution in [0.4, 0.5) is 5.82 Å². The predicted molar refractivity (Wildman–Crippen MR) is 57.7 cm³/mol. The molecule has 1 fully saturated rings. The minimum Gasteiger partial charge on any atom is -0.356 e. The molecule has 13 heavy (non-hydrogen) atoms. The first kappa shape index (κ1) is 9.28. The van der Waals surface area contributed by atoms with E-state index in [1.165, 1.54) is 24.2 Å². The van der Waals surface area contributed by atoms with Crippen molar-refractivity contribution in [2.75, 3.05) is 18.0 Å². The number of nitrogens with zero attached hydrogens (tertiary/aromatic N) is 2. The lowest BCUT2D eigenvalue weighted by molar-refractivity contribution is 0.569. The van der Waals surface area contributed by atoms with Crippen LogP contribution >= 0.6 is 22.9 Å². The lowest BCUT2D eigenvalue weighted by Gasteiger charge is -2.14. The van der Waals surface area contributed by atoms with Crippen molar-refractivity contribution < 1.29 is 0 Å². The molecule has 1 aliphatic rings. The fourth-order valence-electron chi connectivity index (χ4n) is 1.76. The van der Waals surface area contributed by atoms with Crippen molar-refractivity contribution in [3.63, 3.8) is 0 Å². The molecule has 1 saturated heterocycles. The number of rotatable bonds is 2. The molecule has 4 heteroatoms. The fraction of sp³-hybridized carbons (Fsp3) is 0.667. The molecule has 0 radical (unpaired) electrons. The van der Waals surface area contributed by atoms with Gasteiger partial charge in [-0.1, -0.05) is 24.9 Å². The monoisotopic (exact) mass is 216 g/mol. The molecule has 0 aliphatic carbocycles. The lowest BCUT2D eigenvalue weighted by atomic mass is 10.1. The number of anilines is 1. The molecule has 2 heterocycles. The molecule has 2 nitrogen and oxygen atoms in total. The second-order valence-corrected chi connectivity index (χ2v) is 4.91. The van der Waals surface area contributed by atoms with Gasteiger partial charge in [-0.3, -0.25) is 0 Å². The molecule has 0 amide bonds. The van der Waals surface area contributed by atoms with E-state index in [9.17, 15) is 0 Å². The molecule has 0 spiro atoms. The highest BCUT2D eigenvalue weighted by Gasteiger charge is 2.22. The van der Waals surface area contributed by atoms with Crippen LogP contribution in [0.1, 0.15) is 19.8 Å². The van der Waals surface area contributed by atoms with Crippen LogP contribution in [0, 0.1) is 5.92 Å². The van der Waals surface area contributed by atoms with Gasteiger partial charge in [-0.25, -0.2) is 4.98 Å². The van der Waals surface area contributed by atoms with Gasteiger partial charge in [0.25, 0.3) is 0 Å². The second-order valence-electron chi connectivity index (χ2n) is 3.47. The smallest absolute Gasteiger partial charge is 0.185 e. The number of hydrogen-bond acceptors (Lipinski definition) is 3. The van der Waals surface area contributed by atoms with E-state index in [1.54, 1.807) is 0 Å². The number of thiazole rings is 1. The van der Waals surface area contributed by atoms with E-state index in [0.29, 0.717) is 4.47 Å². The summed E-state index contributed by atoms with van der Waals surface area (Å²) >= 11 is 7.30. The standard InChI is InChI=1S/C9H13ClN2S/c1-2-7-3-4-12(5-7)8-6-13-9(10)11-8/h6-7H,2-5H2,1H3. The average molecular weight is 217 g/mol. The molecule has 0 bridgehead atoms. The Labute approximate surface area is 87.5 Å². The first-order valence-electron chi connectivity index (χ1n) is 4.65. The molecule has 1 aromatic rings.